The Kier molecular flexibility index (Phi) is 16.4. The van der Waals surface area contributed by atoms with E-state index in [-0.39, 0.29) is 5.97 Å². The van der Waals surface area contributed by atoms with Crippen molar-refractivity contribution in [1.29, 1.82) is 0 Å². The van der Waals surface area contributed by atoms with Crippen LogP contribution in [-0.4, -0.2) is 13.1 Å². The van der Waals surface area contributed by atoms with Crippen molar-refractivity contribution in [3.8, 4) is 23.7 Å². The van der Waals surface area contributed by atoms with Gasteiger partial charge in [-0.2, -0.15) is 0 Å². The minimum absolute atomic E-state index is 0.125. The third kappa shape index (κ3) is 16.6. The van der Waals surface area contributed by atoms with Gasteiger partial charge in [0.25, 0.3) is 0 Å². The number of allylic oxidation sites excluding steroid dienone is 3. The number of esters is 1. The molecule has 2 nitrogen and oxygen atoms in total. The Bertz CT molecular complexity index is 455. The fourth-order valence-electron chi connectivity index (χ4n) is 1.67. The van der Waals surface area contributed by atoms with Gasteiger partial charge in [-0.3, -0.25) is 4.79 Å². The van der Waals surface area contributed by atoms with Gasteiger partial charge in [0.2, 0.25) is 0 Å². The van der Waals surface area contributed by atoms with Crippen LogP contribution >= 0.6 is 15.9 Å². The first-order valence-electron chi connectivity index (χ1n) is 7.75. The molecule has 0 heterocycles. The van der Waals surface area contributed by atoms with E-state index in [1.165, 1.54) is 7.11 Å². The minimum Gasteiger partial charge on any atom is -0.469 e. The zero-order chi connectivity index (χ0) is 16.3. The van der Waals surface area contributed by atoms with Crippen molar-refractivity contribution < 1.29 is 9.53 Å². The topological polar surface area (TPSA) is 26.3 Å². The summed E-state index contributed by atoms with van der Waals surface area (Å²) < 4.78 is 4.59. The van der Waals surface area contributed by atoms with Crippen LogP contribution in [0.5, 0.6) is 0 Å². The van der Waals surface area contributed by atoms with Crippen LogP contribution in [0.2, 0.25) is 0 Å². The second-order valence-corrected chi connectivity index (χ2v) is 5.25. The number of hydrogen-bond acceptors (Lipinski definition) is 2. The molecule has 0 unspecified atom stereocenters. The molecule has 0 N–H and O–H groups in total. The van der Waals surface area contributed by atoms with Gasteiger partial charge >= 0.3 is 5.97 Å². The van der Waals surface area contributed by atoms with Gasteiger partial charge in [0.05, 0.1) is 7.11 Å². The summed E-state index contributed by atoms with van der Waals surface area (Å²) in [6, 6.07) is 0. The Balaban J connectivity index is 3.40. The molecule has 0 fully saturated rings. The molecular formula is C19H25BrO2. The molecule has 3 heteroatoms. The smallest absolute Gasteiger partial charge is 0.305 e. The van der Waals surface area contributed by atoms with E-state index in [1.807, 2.05) is 6.08 Å². The lowest BCUT2D eigenvalue weighted by molar-refractivity contribution is -0.140. The molecule has 0 aliphatic rings. The fourth-order valence-corrected chi connectivity index (χ4v) is 1.81. The maximum atomic E-state index is 10.9. The Labute approximate surface area is 143 Å². The summed E-state index contributed by atoms with van der Waals surface area (Å²) in [7, 11) is 1.43. The molecule has 0 bridgehead atoms. The molecule has 0 saturated heterocycles. The molecular weight excluding hydrogens is 340 g/mol. The van der Waals surface area contributed by atoms with Gasteiger partial charge in [0.15, 0.2) is 0 Å². The molecule has 0 saturated carbocycles. The third-order valence-electron chi connectivity index (χ3n) is 2.88. The Morgan fingerprint density at radius 1 is 1.00 bits per heavy atom. The molecule has 0 amide bonds. The van der Waals surface area contributed by atoms with E-state index in [2.05, 4.69) is 50.4 Å². The standard InChI is InChI=1S/C19H25BrO2/c1-22-19(21)17-15-13-11-9-7-5-3-2-4-6-8-10-12-14-16-18-20/h2-3,16,18H,4,6,8-11,13,15,17H2,1H3. The van der Waals surface area contributed by atoms with Crippen molar-refractivity contribution in [2.45, 2.75) is 57.8 Å². The second-order valence-electron chi connectivity index (χ2n) is 4.72. The summed E-state index contributed by atoms with van der Waals surface area (Å²) in [5.74, 6) is 12.1. The highest BCUT2D eigenvalue weighted by atomic mass is 79.9. The monoisotopic (exact) mass is 364 g/mol. The number of rotatable bonds is 9. The number of unbranched alkanes of at least 4 members (excludes halogenated alkanes) is 6. The summed E-state index contributed by atoms with van der Waals surface area (Å²) in [5.41, 5.74) is 0. The molecule has 0 aliphatic carbocycles. The first kappa shape index (κ1) is 20.6. The van der Waals surface area contributed by atoms with Crippen LogP contribution in [0.3, 0.4) is 0 Å². The van der Waals surface area contributed by atoms with E-state index in [0.29, 0.717) is 6.42 Å². The quantitative estimate of drug-likeness (QED) is 0.321. The van der Waals surface area contributed by atoms with E-state index >= 15 is 0 Å². The number of carbonyl (C=O) groups is 1. The van der Waals surface area contributed by atoms with Gasteiger partial charge in [0.1, 0.15) is 0 Å². The Hall–Kier alpha value is -1.45. The Morgan fingerprint density at radius 2 is 1.68 bits per heavy atom. The van der Waals surface area contributed by atoms with Crippen LogP contribution in [0.15, 0.2) is 23.2 Å². The molecule has 0 rings (SSSR count). The molecule has 0 spiro atoms. The molecule has 0 atom stereocenters. The van der Waals surface area contributed by atoms with Crippen molar-refractivity contribution in [3.63, 3.8) is 0 Å². The second kappa shape index (κ2) is 17.6. The van der Waals surface area contributed by atoms with Crippen molar-refractivity contribution >= 4 is 21.9 Å². The SMILES string of the molecule is COC(=O)CCCCCC#CC=CCCCCC#CC=CBr. The van der Waals surface area contributed by atoms with Crippen LogP contribution in [0.4, 0.5) is 0 Å². The number of carbonyl (C=O) groups excluding carboxylic acids is 1. The summed E-state index contributed by atoms with van der Waals surface area (Å²) >= 11 is 3.18. The lowest BCUT2D eigenvalue weighted by atomic mass is 10.1. The lowest BCUT2D eigenvalue weighted by Crippen LogP contribution is -1.98. The third-order valence-corrected chi connectivity index (χ3v) is 3.15. The first-order chi connectivity index (χ1) is 10.8. The molecule has 0 aromatic carbocycles. The van der Waals surface area contributed by atoms with Gasteiger partial charge in [-0.25, -0.2) is 0 Å². The van der Waals surface area contributed by atoms with Crippen molar-refractivity contribution in [2.24, 2.45) is 0 Å². The van der Waals surface area contributed by atoms with Gasteiger partial charge in [-0.15, -0.1) is 0 Å². The zero-order valence-electron chi connectivity index (χ0n) is 13.4. The van der Waals surface area contributed by atoms with Crippen LogP contribution in [0.25, 0.3) is 0 Å². The minimum atomic E-state index is -0.125. The highest BCUT2D eigenvalue weighted by Crippen LogP contribution is 2.03. The maximum Gasteiger partial charge on any atom is 0.305 e. The predicted octanol–water partition coefficient (Wildman–Crippen LogP) is 5.14. The summed E-state index contributed by atoms with van der Waals surface area (Å²) in [6.45, 7) is 0. The molecule has 0 radical (unpaired) electrons. The number of hydrogen-bond donors (Lipinski definition) is 0. The van der Waals surface area contributed by atoms with Crippen LogP contribution < -0.4 is 0 Å². The molecule has 0 aromatic rings. The predicted molar refractivity (Wildman–Crippen MR) is 96.3 cm³/mol. The average Bonchev–Trinajstić information content (AvgIpc) is 2.54. The Morgan fingerprint density at radius 3 is 2.36 bits per heavy atom. The zero-order valence-corrected chi connectivity index (χ0v) is 15.0. The van der Waals surface area contributed by atoms with E-state index in [9.17, 15) is 4.79 Å². The van der Waals surface area contributed by atoms with Gasteiger partial charge < -0.3 is 4.74 Å². The van der Waals surface area contributed by atoms with Crippen LogP contribution in [0, 0.1) is 23.7 Å². The average molecular weight is 365 g/mol. The first-order valence-corrected chi connectivity index (χ1v) is 8.66. The van der Waals surface area contributed by atoms with Crippen molar-refractivity contribution in [3.05, 3.63) is 23.2 Å². The van der Waals surface area contributed by atoms with Crippen molar-refractivity contribution in [2.75, 3.05) is 7.11 Å². The highest BCUT2D eigenvalue weighted by molar-refractivity contribution is 9.11. The normalized spacial score (nSPS) is 10.1. The van der Waals surface area contributed by atoms with Crippen LogP contribution in [-0.2, 0) is 9.53 Å². The van der Waals surface area contributed by atoms with E-state index < -0.39 is 0 Å². The lowest BCUT2D eigenvalue weighted by Gasteiger charge is -1.97. The summed E-state index contributed by atoms with van der Waals surface area (Å²) in [6.07, 6.45) is 14.5. The van der Waals surface area contributed by atoms with Gasteiger partial charge in [-0.1, -0.05) is 52.1 Å². The number of methoxy groups -OCH3 is 1. The van der Waals surface area contributed by atoms with E-state index in [0.717, 1.165) is 51.4 Å². The van der Waals surface area contributed by atoms with Crippen LogP contribution in [0.1, 0.15) is 57.8 Å². The number of ether oxygens (including phenoxy) is 1. The molecule has 22 heavy (non-hydrogen) atoms. The summed E-state index contributed by atoms with van der Waals surface area (Å²) in [5, 5.41) is 0. The van der Waals surface area contributed by atoms with Gasteiger partial charge in [0, 0.05) is 19.3 Å². The number of halogens is 1. The molecule has 0 aliphatic heterocycles. The van der Waals surface area contributed by atoms with E-state index in [1.54, 1.807) is 11.1 Å². The van der Waals surface area contributed by atoms with E-state index in [4.69, 9.17) is 0 Å². The summed E-state index contributed by atoms with van der Waals surface area (Å²) in [4.78, 5) is 12.7. The molecule has 0 aromatic heterocycles. The van der Waals surface area contributed by atoms with Crippen molar-refractivity contribution in [1.82, 2.24) is 0 Å². The molecule has 120 valence electrons. The maximum absolute atomic E-state index is 10.9. The largest absolute Gasteiger partial charge is 0.469 e. The van der Waals surface area contributed by atoms with Gasteiger partial charge in [-0.05, 0) is 49.2 Å². The fraction of sp³-hybridized carbons (Fsp3) is 0.526. The highest BCUT2D eigenvalue weighted by Gasteiger charge is 1.97.